The van der Waals surface area contributed by atoms with E-state index in [0.717, 1.165) is 38.5 Å². The molecule has 7 atom stereocenters. The smallest absolute Gasteiger partial charge is 0.220 e. The molecule has 0 saturated carbocycles. The number of aliphatic hydroxyl groups is 5. The Bertz CT molecular complexity index is 908. The third-order valence-corrected chi connectivity index (χ3v) is 13.0. The van der Waals surface area contributed by atoms with Crippen molar-refractivity contribution in [1.29, 1.82) is 0 Å². The van der Waals surface area contributed by atoms with Crippen LogP contribution in [0.1, 0.15) is 264 Å². The van der Waals surface area contributed by atoms with Crippen LogP contribution in [0, 0.1) is 0 Å². The number of ether oxygens (including phenoxy) is 2. The first kappa shape index (κ1) is 57.2. The molecule has 1 aliphatic heterocycles. The van der Waals surface area contributed by atoms with Gasteiger partial charge in [0, 0.05) is 6.42 Å². The van der Waals surface area contributed by atoms with Gasteiger partial charge in [0.05, 0.1) is 25.4 Å². The highest BCUT2D eigenvalue weighted by Crippen LogP contribution is 2.23. The maximum absolute atomic E-state index is 13.0. The molecule has 0 spiro atoms. The lowest BCUT2D eigenvalue weighted by molar-refractivity contribution is -0.302. The quantitative estimate of drug-likeness (QED) is 0.0332. The van der Waals surface area contributed by atoms with E-state index in [9.17, 15) is 30.3 Å². The average molecular weight is 856 g/mol. The van der Waals surface area contributed by atoms with Gasteiger partial charge in [-0.3, -0.25) is 4.79 Å². The molecule has 1 fully saturated rings. The zero-order chi connectivity index (χ0) is 43.7. The number of rotatable bonds is 45. The summed E-state index contributed by atoms with van der Waals surface area (Å²) in [5.41, 5.74) is 0. The average Bonchev–Trinajstić information content (AvgIpc) is 3.25. The number of unbranched alkanes of at least 4 members (excludes halogenated alkanes) is 35. The van der Waals surface area contributed by atoms with E-state index in [1.54, 1.807) is 0 Å². The zero-order valence-electron chi connectivity index (χ0n) is 39.5. The maximum atomic E-state index is 13.0. The second kappa shape index (κ2) is 42.2. The molecule has 2 unspecified atom stereocenters. The fraction of sp³-hybridized carbons (Fsp3) is 0.980. The molecule has 1 heterocycles. The largest absolute Gasteiger partial charge is 0.394 e. The topological polar surface area (TPSA) is 149 Å². The molecule has 0 aromatic rings. The van der Waals surface area contributed by atoms with Crippen molar-refractivity contribution < 1.29 is 39.8 Å². The Morgan fingerprint density at radius 3 is 1.18 bits per heavy atom. The summed E-state index contributed by atoms with van der Waals surface area (Å²) in [6.45, 7) is 3.87. The van der Waals surface area contributed by atoms with E-state index in [2.05, 4.69) is 19.2 Å². The van der Waals surface area contributed by atoms with Crippen molar-refractivity contribution in [3.63, 3.8) is 0 Å². The van der Waals surface area contributed by atoms with Gasteiger partial charge in [0.15, 0.2) is 6.29 Å². The van der Waals surface area contributed by atoms with Crippen LogP contribution in [-0.2, 0) is 14.3 Å². The van der Waals surface area contributed by atoms with Crippen LogP contribution in [-0.4, -0.2) is 87.5 Å². The number of carbonyl (C=O) groups excluding carboxylic acids is 1. The Kier molecular flexibility index (Phi) is 40.2. The van der Waals surface area contributed by atoms with Crippen LogP contribution in [0.5, 0.6) is 0 Å². The molecule has 6 N–H and O–H groups in total. The summed E-state index contributed by atoms with van der Waals surface area (Å²) in [7, 11) is 0. The predicted octanol–water partition coefficient (Wildman–Crippen LogP) is 11.9. The highest BCUT2D eigenvalue weighted by molar-refractivity contribution is 5.76. The SMILES string of the molecule is CCCCCCCCCCCCCCCCCCCCCCCCC(=O)N[C@@H](CO[C@@H]1O[C@H](CO)[C@@H](O)C(O)C1O)[C@H](O)CCCCCCCCCCCCCCCCC. The van der Waals surface area contributed by atoms with Crippen LogP contribution in [0.2, 0.25) is 0 Å². The maximum Gasteiger partial charge on any atom is 0.220 e. The molecule has 9 heteroatoms. The molecule has 1 amide bonds. The van der Waals surface area contributed by atoms with Crippen LogP contribution in [0.25, 0.3) is 0 Å². The Labute approximate surface area is 370 Å². The number of hydrogen-bond donors (Lipinski definition) is 6. The minimum Gasteiger partial charge on any atom is -0.394 e. The van der Waals surface area contributed by atoms with Gasteiger partial charge in [-0.2, -0.15) is 0 Å². The van der Waals surface area contributed by atoms with Crippen LogP contribution in [0.3, 0.4) is 0 Å². The minimum absolute atomic E-state index is 0.131. The van der Waals surface area contributed by atoms with Crippen molar-refractivity contribution in [3.05, 3.63) is 0 Å². The fourth-order valence-electron chi connectivity index (χ4n) is 8.75. The molecule has 1 saturated heterocycles. The first-order chi connectivity index (χ1) is 29.3. The van der Waals surface area contributed by atoms with E-state index in [1.165, 1.54) is 199 Å². The molecule has 0 bridgehead atoms. The molecular formula is C51H101NO8. The van der Waals surface area contributed by atoms with Gasteiger partial charge in [-0.25, -0.2) is 0 Å². The second-order valence-electron chi connectivity index (χ2n) is 18.7. The standard InChI is InChI=1S/C51H101NO8/c1-3-5-7-9-11-13-15-17-19-20-21-22-23-24-25-27-29-31-33-35-37-39-41-47(55)52-44(43-59-51-50(58)49(57)48(56)46(42-53)60-51)45(54)40-38-36-34-32-30-28-26-18-16-14-12-10-8-6-4-2/h44-46,48-51,53-54,56-58H,3-43H2,1-2H3,(H,52,55)/t44-,45+,46+,48+,49?,50?,51+/m0/s1. The van der Waals surface area contributed by atoms with Crippen molar-refractivity contribution in [2.45, 2.75) is 307 Å². The fourth-order valence-corrected chi connectivity index (χ4v) is 8.75. The van der Waals surface area contributed by atoms with Crippen molar-refractivity contribution >= 4 is 5.91 Å². The van der Waals surface area contributed by atoms with Crippen molar-refractivity contribution in [1.82, 2.24) is 5.32 Å². The Balaban J connectivity index is 2.22. The number of amides is 1. The number of aliphatic hydroxyl groups excluding tert-OH is 5. The lowest BCUT2D eigenvalue weighted by Crippen LogP contribution is -2.60. The van der Waals surface area contributed by atoms with E-state index in [1.807, 2.05) is 0 Å². The Morgan fingerprint density at radius 1 is 0.500 bits per heavy atom. The van der Waals surface area contributed by atoms with Crippen LogP contribution >= 0.6 is 0 Å². The van der Waals surface area contributed by atoms with Gasteiger partial charge >= 0.3 is 0 Å². The number of hydrogen-bond acceptors (Lipinski definition) is 8. The van der Waals surface area contributed by atoms with E-state index in [0.29, 0.717) is 12.8 Å². The molecule has 1 aliphatic rings. The van der Waals surface area contributed by atoms with E-state index in [4.69, 9.17) is 9.47 Å². The lowest BCUT2D eigenvalue weighted by Gasteiger charge is -2.40. The minimum atomic E-state index is -1.55. The second-order valence-corrected chi connectivity index (χ2v) is 18.7. The van der Waals surface area contributed by atoms with Gasteiger partial charge in [0.2, 0.25) is 5.91 Å². The monoisotopic (exact) mass is 856 g/mol. The van der Waals surface area contributed by atoms with Gasteiger partial charge in [0.1, 0.15) is 24.4 Å². The summed E-state index contributed by atoms with van der Waals surface area (Å²) >= 11 is 0. The molecule has 0 aromatic heterocycles. The van der Waals surface area contributed by atoms with Gasteiger partial charge in [0.25, 0.3) is 0 Å². The summed E-state index contributed by atoms with van der Waals surface area (Å²) in [6, 6.07) is -0.712. The lowest BCUT2D eigenvalue weighted by atomic mass is 9.99. The summed E-state index contributed by atoms with van der Waals surface area (Å²) in [5, 5.41) is 54.5. The third-order valence-electron chi connectivity index (χ3n) is 13.0. The van der Waals surface area contributed by atoms with Gasteiger partial charge < -0.3 is 40.3 Å². The van der Waals surface area contributed by atoms with Crippen molar-refractivity contribution in [2.24, 2.45) is 0 Å². The molecule has 0 radical (unpaired) electrons. The first-order valence-corrected chi connectivity index (χ1v) is 26.2. The summed E-state index contributed by atoms with van der Waals surface area (Å²) < 4.78 is 11.3. The number of nitrogens with one attached hydrogen (secondary N) is 1. The molecular weight excluding hydrogens is 755 g/mol. The molecule has 0 aliphatic carbocycles. The molecule has 9 nitrogen and oxygen atoms in total. The molecule has 358 valence electrons. The first-order valence-electron chi connectivity index (χ1n) is 26.2. The molecule has 0 aromatic carbocycles. The van der Waals surface area contributed by atoms with E-state index < -0.39 is 49.5 Å². The summed E-state index contributed by atoms with van der Waals surface area (Å²) in [5.74, 6) is -0.138. The van der Waals surface area contributed by atoms with Gasteiger partial charge in [-0.15, -0.1) is 0 Å². The van der Waals surface area contributed by atoms with Gasteiger partial charge in [-0.05, 0) is 12.8 Å². The highest BCUT2D eigenvalue weighted by Gasteiger charge is 2.44. The normalized spacial score (nSPS) is 20.4. The predicted molar refractivity (Wildman–Crippen MR) is 249 cm³/mol. The van der Waals surface area contributed by atoms with Gasteiger partial charge in [-0.1, -0.05) is 245 Å². The van der Waals surface area contributed by atoms with Crippen LogP contribution in [0.4, 0.5) is 0 Å². The van der Waals surface area contributed by atoms with E-state index in [-0.39, 0.29) is 12.5 Å². The van der Waals surface area contributed by atoms with Crippen LogP contribution < -0.4 is 5.32 Å². The molecule has 60 heavy (non-hydrogen) atoms. The van der Waals surface area contributed by atoms with Crippen molar-refractivity contribution in [3.8, 4) is 0 Å². The zero-order valence-corrected chi connectivity index (χ0v) is 39.5. The molecule has 1 rings (SSSR count). The summed E-state index contributed by atoms with van der Waals surface area (Å²) in [6.07, 6.45) is 41.2. The third kappa shape index (κ3) is 31.9. The highest BCUT2D eigenvalue weighted by atomic mass is 16.7. The Hall–Kier alpha value is -0.810. The number of carbonyl (C=O) groups is 1. The van der Waals surface area contributed by atoms with Crippen LogP contribution in [0.15, 0.2) is 0 Å². The Morgan fingerprint density at radius 2 is 0.833 bits per heavy atom. The van der Waals surface area contributed by atoms with E-state index >= 15 is 0 Å². The summed E-state index contributed by atoms with van der Waals surface area (Å²) in [4.78, 5) is 13.0. The van der Waals surface area contributed by atoms with Crippen molar-refractivity contribution in [2.75, 3.05) is 13.2 Å².